The first-order valence-corrected chi connectivity index (χ1v) is 6.96. The lowest BCUT2D eigenvalue weighted by molar-refractivity contribution is 0.136. The lowest BCUT2D eigenvalue weighted by Crippen LogP contribution is -2.49. The van der Waals surface area contributed by atoms with E-state index in [0.29, 0.717) is 16.2 Å². The van der Waals surface area contributed by atoms with Crippen molar-refractivity contribution in [3.63, 3.8) is 0 Å². The van der Waals surface area contributed by atoms with Crippen LogP contribution in [0.25, 0.3) is 10.8 Å². The fourth-order valence-electron chi connectivity index (χ4n) is 2.87. The number of carboxylic acid groups (broad SMARTS) is 1. The molecule has 1 atom stereocenters. The molecule has 6 heteroatoms. The van der Waals surface area contributed by atoms with Crippen LogP contribution in [0.2, 0.25) is 0 Å². The van der Waals surface area contributed by atoms with Gasteiger partial charge in [0.25, 0.3) is 0 Å². The third-order valence-electron chi connectivity index (χ3n) is 3.89. The molecule has 0 spiro atoms. The zero-order chi connectivity index (χ0) is 16.6. The molecule has 2 aromatic carbocycles. The highest BCUT2D eigenvalue weighted by Gasteiger charge is 2.39. The average molecular weight is 307 g/mol. The van der Waals surface area contributed by atoms with Gasteiger partial charge < -0.3 is 10.4 Å². The molecule has 0 aromatic heterocycles. The molecule has 1 aliphatic rings. The molecular weight excluding hydrogens is 294 g/mol. The van der Waals surface area contributed by atoms with Gasteiger partial charge in [0.2, 0.25) is 0 Å². The minimum atomic E-state index is -1.40. The van der Waals surface area contributed by atoms with Crippen molar-refractivity contribution in [1.29, 1.82) is 5.26 Å². The Morgan fingerprint density at radius 1 is 1.26 bits per heavy atom. The lowest BCUT2D eigenvalue weighted by Gasteiger charge is -2.33. The van der Waals surface area contributed by atoms with Crippen LogP contribution in [0.5, 0.6) is 0 Å². The Labute approximate surface area is 132 Å². The summed E-state index contributed by atoms with van der Waals surface area (Å²) in [5.74, 6) is 0. The van der Waals surface area contributed by atoms with E-state index in [1.807, 2.05) is 36.4 Å². The van der Waals surface area contributed by atoms with Gasteiger partial charge in [-0.1, -0.05) is 42.5 Å². The second-order valence-corrected chi connectivity index (χ2v) is 5.20. The Hall–Kier alpha value is -3.33. The quantitative estimate of drug-likeness (QED) is 0.844. The van der Waals surface area contributed by atoms with Gasteiger partial charge in [-0.25, -0.2) is 14.5 Å². The van der Waals surface area contributed by atoms with Crippen LogP contribution in [0.1, 0.15) is 18.5 Å². The fourth-order valence-corrected chi connectivity index (χ4v) is 2.87. The molecule has 3 amide bonds. The van der Waals surface area contributed by atoms with Crippen LogP contribution >= 0.6 is 0 Å². The number of hydrogen-bond acceptors (Lipinski definition) is 3. The molecule has 0 saturated heterocycles. The minimum Gasteiger partial charge on any atom is -0.465 e. The molecule has 0 fully saturated rings. The smallest absolute Gasteiger partial charge is 0.416 e. The van der Waals surface area contributed by atoms with E-state index in [0.717, 1.165) is 10.8 Å². The van der Waals surface area contributed by atoms with Crippen LogP contribution in [0.15, 0.2) is 53.7 Å². The van der Waals surface area contributed by atoms with Gasteiger partial charge in [-0.05, 0) is 23.3 Å². The largest absolute Gasteiger partial charge is 0.465 e. The van der Waals surface area contributed by atoms with Gasteiger partial charge in [0, 0.05) is 5.70 Å². The van der Waals surface area contributed by atoms with Crippen molar-refractivity contribution in [2.75, 3.05) is 0 Å². The van der Waals surface area contributed by atoms with Gasteiger partial charge in [-0.15, -0.1) is 0 Å². The highest BCUT2D eigenvalue weighted by atomic mass is 16.4. The number of amides is 3. The van der Waals surface area contributed by atoms with E-state index in [1.54, 1.807) is 19.1 Å². The van der Waals surface area contributed by atoms with Crippen LogP contribution in [0, 0.1) is 11.3 Å². The number of imide groups is 1. The van der Waals surface area contributed by atoms with Gasteiger partial charge in [0.1, 0.15) is 6.04 Å². The average Bonchev–Trinajstić information content (AvgIpc) is 2.53. The molecule has 6 nitrogen and oxygen atoms in total. The predicted octanol–water partition coefficient (Wildman–Crippen LogP) is 3.38. The van der Waals surface area contributed by atoms with Crippen molar-refractivity contribution in [2.24, 2.45) is 0 Å². The van der Waals surface area contributed by atoms with Crippen LogP contribution in [-0.4, -0.2) is 22.1 Å². The molecule has 0 aliphatic carbocycles. The predicted molar refractivity (Wildman–Crippen MR) is 83.4 cm³/mol. The summed E-state index contributed by atoms with van der Waals surface area (Å²) in [7, 11) is 0. The van der Waals surface area contributed by atoms with E-state index in [1.165, 1.54) is 0 Å². The second-order valence-electron chi connectivity index (χ2n) is 5.20. The zero-order valence-electron chi connectivity index (χ0n) is 12.3. The van der Waals surface area contributed by atoms with E-state index in [2.05, 4.69) is 5.32 Å². The van der Waals surface area contributed by atoms with E-state index in [9.17, 15) is 20.0 Å². The maximum Gasteiger partial charge on any atom is 0.416 e. The van der Waals surface area contributed by atoms with E-state index in [-0.39, 0.29) is 5.57 Å². The number of rotatable bonds is 1. The third-order valence-corrected chi connectivity index (χ3v) is 3.89. The summed E-state index contributed by atoms with van der Waals surface area (Å²) in [5, 5.41) is 23.1. The highest BCUT2D eigenvalue weighted by Crippen LogP contribution is 2.36. The number of benzene rings is 2. The van der Waals surface area contributed by atoms with Gasteiger partial charge in [-0.2, -0.15) is 5.26 Å². The molecule has 1 unspecified atom stereocenters. The molecule has 23 heavy (non-hydrogen) atoms. The Bertz CT molecular complexity index is 890. The first kappa shape index (κ1) is 14.6. The van der Waals surface area contributed by atoms with Crippen molar-refractivity contribution in [3.05, 3.63) is 59.3 Å². The molecule has 2 aromatic rings. The summed E-state index contributed by atoms with van der Waals surface area (Å²) in [5.41, 5.74) is 1.19. The maximum absolute atomic E-state index is 12.1. The summed E-state index contributed by atoms with van der Waals surface area (Å²) < 4.78 is 0. The Morgan fingerprint density at radius 3 is 2.65 bits per heavy atom. The van der Waals surface area contributed by atoms with Crippen molar-refractivity contribution >= 4 is 22.9 Å². The van der Waals surface area contributed by atoms with Crippen LogP contribution in [0.4, 0.5) is 9.59 Å². The molecule has 0 saturated carbocycles. The van der Waals surface area contributed by atoms with Crippen LogP contribution < -0.4 is 5.32 Å². The number of nitrogens with zero attached hydrogens (tertiary/aromatic N) is 2. The van der Waals surface area contributed by atoms with Crippen molar-refractivity contribution in [3.8, 4) is 6.07 Å². The number of nitriles is 1. The fraction of sp³-hybridized carbons (Fsp3) is 0.118. The van der Waals surface area contributed by atoms with Gasteiger partial charge in [0.05, 0.1) is 11.6 Å². The molecule has 2 N–H and O–H groups in total. The summed E-state index contributed by atoms with van der Waals surface area (Å²) in [6, 6.07) is 13.2. The number of carbonyl (C=O) groups excluding carboxylic acids is 1. The Balaban J connectivity index is 2.32. The number of nitrogens with one attached hydrogen (secondary N) is 1. The Kier molecular flexibility index (Phi) is 3.47. The minimum absolute atomic E-state index is 0.211. The normalized spacial score (nSPS) is 17.8. The first-order chi connectivity index (χ1) is 11.0. The zero-order valence-corrected chi connectivity index (χ0v) is 12.3. The number of hydrogen-bond donors (Lipinski definition) is 2. The third kappa shape index (κ3) is 2.28. The standard InChI is InChI=1S/C17H13N3O3/c1-10-14(9-18)15(20(17(22)23)16(21)19-10)13-8-4-6-11-5-2-3-7-12(11)13/h2-8,15H,1H3,(H,19,21)(H,22,23). The molecule has 1 aliphatic heterocycles. The van der Waals surface area contributed by atoms with Crippen LogP contribution in [-0.2, 0) is 0 Å². The number of urea groups is 1. The maximum atomic E-state index is 12.1. The topological polar surface area (TPSA) is 93.4 Å². The van der Waals surface area contributed by atoms with Crippen LogP contribution in [0.3, 0.4) is 0 Å². The molecule has 0 bridgehead atoms. The highest BCUT2D eigenvalue weighted by molar-refractivity contribution is 5.95. The summed E-state index contributed by atoms with van der Waals surface area (Å²) in [6.45, 7) is 1.59. The van der Waals surface area contributed by atoms with E-state index < -0.39 is 18.2 Å². The molecule has 3 rings (SSSR count). The Morgan fingerprint density at radius 2 is 1.96 bits per heavy atom. The second kappa shape index (κ2) is 5.46. The molecule has 114 valence electrons. The lowest BCUT2D eigenvalue weighted by atomic mass is 9.91. The number of carbonyl (C=O) groups is 2. The van der Waals surface area contributed by atoms with Crippen molar-refractivity contribution in [2.45, 2.75) is 13.0 Å². The van der Waals surface area contributed by atoms with E-state index in [4.69, 9.17) is 0 Å². The number of allylic oxidation sites excluding steroid dienone is 1. The van der Waals surface area contributed by atoms with Crippen molar-refractivity contribution < 1.29 is 14.7 Å². The van der Waals surface area contributed by atoms with Gasteiger partial charge in [0.15, 0.2) is 0 Å². The van der Waals surface area contributed by atoms with E-state index >= 15 is 0 Å². The summed E-state index contributed by atoms with van der Waals surface area (Å²) in [4.78, 5) is 24.4. The first-order valence-electron chi connectivity index (χ1n) is 6.96. The van der Waals surface area contributed by atoms with Crippen molar-refractivity contribution in [1.82, 2.24) is 10.2 Å². The monoisotopic (exact) mass is 307 g/mol. The summed E-state index contributed by atoms with van der Waals surface area (Å²) in [6.07, 6.45) is -1.40. The molecular formula is C17H13N3O3. The SMILES string of the molecule is CC1=C(C#N)C(c2cccc3ccccc23)N(C(=O)O)C(=O)N1. The number of fused-ring (bicyclic) bond motifs is 1. The molecule has 1 heterocycles. The van der Waals surface area contributed by atoms with Gasteiger partial charge >= 0.3 is 12.1 Å². The van der Waals surface area contributed by atoms with Gasteiger partial charge in [-0.3, -0.25) is 0 Å². The summed E-state index contributed by atoms with van der Waals surface area (Å²) >= 11 is 0. The molecule has 0 radical (unpaired) electrons.